The van der Waals surface area contributed by atoms with E-state index in [1.807, 2.05) is 44.3 Å². The van der Waals surface area contributed by atoms with Crippen LogP contribution in [0.4, 0.5) is 0 Å². The van der Waals surface area contributed by atoms with Crippen molar-refractivity contribution in [3.63, 3.8) is 0 Å². The molecule has 2 aromatic heterocycles. The summed E-state index contributed by atoms with van der Waals surface area (Å²) < 4.78 is 3.27. The minimum absolute atomic E-state index is 0.153. The Balaban J connectivity index is 1.54. The number of hydrogen-bond donors (Lipinski definition) is 0. The van der Waals surface area contributed by atoms with Crippen molar-refractivity contribution in [1.29, 1.82) is 0 Å². The molecule has 0 atom stereocenters. The quantitative estimate of drug-likeness (QED) is 0.413. The lowest BCUT2D eigenvalue weighted by Gasteiger charge is -2.04. The molecule has 0 saturated heterocycles. The number of allylic oxidation sites excluding steroid dienone is 1. The average molecular weight is 385 g/mol. The van der Waals surface area contributed by atoms with Gasteiger partial charge in [0.1, 0.15) is 5.01 Å². The number of thiazole rings is 1. The molecule has 0 radical (unpaired) electrons. The summed E-state index contributed by atoms with van der Waals surface area (Å²) >= 11 is 1.64. The third-order valence-electron chi connectivity index (χ3n) is 5.61. The molecule has 2 aromatic carbocycles. The fraction of sp³-hybridized carbons (Fsp3) is 0.167. The first-order valence-corrected chi connectivity index (χ1v) is 10.2. The van der Waals surface area contributed by atoms with E-state index in [0.29, 0.717) is 6.42 Å². The van der Waals surface area contributed by atoms with Crippen LogP contribution in [0.5, 0.6) is 0 Å². The van der Waals surface area contributed by atoms with Gasteiger partial charge >= 0.3 is 0 Å². The molecule has 0 saturated carbocycles. The smallest absolute Gasteiger partial charge is 0.190 e. The zero-order chi connectivity index (χ0) is 19.4. The summed E-state index contributed by atoms with van der Waals surface area (Å²) in [4.78, 5) is 17.8. The number of carbonyl (C=O) groups excluding carboxylic acids is 1. The second-order valence-corrected chi connectivity index (χ2v) is 8.49. The summed E-state index contributed by atoms with van der Waals surface area (Å²) in [6, 6.07) is 16.7. The van der Waals surface area contributed by atoms with Crippen molar-refractivity contribution < 1.29 is 4.79 Å². The molecule has 1 aliphatic rings. The maximum Gasteiger partial charge on any atom is 0.190 e. The monoisotopic (exact) mass is 384 g/mol. The molecule has 4 aromatic rings. The predicted octanol–water partition coefficient (Wildman–Crippen LogP) is 5.74. The number of hydrogen-bond acceptors (Lipinski definition) is 3. The SMILES string of the molecule is Cc1ccc(C)c2c1C/C(=C/c1nc3c(cc(-c4ccccc4)n3C)s1)C2=O. The van der Waals surface area contributed by atoms with Crippen molar-refractivity contribution >= 4 is 33.5 Å². The van der Waals surface area contributed by atoms with Crippen molar-refractivity contribution in [3.05, 3.63) is 81.4 Å². The summed E-state index contributed by atoms with van der Waals surface area (Å²) in [7, 11) is 2.05. The number of nitrogens with zero attached hydrogens (tertiary/aromatic N) is 2. The topological polar surface area (TPSA) is 34.9 Å². The molecule has 1 aliphatic carbocycles. The van der Waals surface area contributed by atoms with Crippen LogP contribution >= 0.6 is 11.3 Å². The fourth-order valence-electron chi connectivity index (χ4n) is 4.07. The Hall–Kier alpha value is -2.98. The summed E-state index contributed by atoms with van der Waals surface area (Å²) in [6.07, 6.45) is 2.68. The zero-order valence-corrected chi connectivity index (χ0v) is 16.9. The molecule has 0 N–H and O–H groups in total. The van der Waals surface area contributed by atoms with E-state index in [1.165, 1.54) is 16.7 Å². The van der Waals surface area contributed by atoms with Crippen molar-refractivity contribution in [2.24, 2.45) is 7.05 Å². The number of aromatic nitrogens is 2. The highest BCUT2D eigenvalue weighted by atomic mass is 32.1. The lowest BCUT2D eigenvalue weighted by atomic mass is 10.00. The molecule has 0 spiro atoms. The molecule has 138 valence electrons. The van der Waals surface area contributed by atoms with Gasteiger partial charge in [-0.15, -0.1) is 11.3 Å². The molecular weight excluding hydrogens is 364 g/mol. The van der Waals surface area contributed by atoms with Crippen LogP contribution in [0.25, 0.3) is 27.7 Å². The molecule has 0 amide bonds. The van der Waals surface area contributed by atoms with Gasteiger partial charge in [0.05, 0.1) is 10.4 Å². The summed E-state index contributed by atoms with van der Waals surface area (Å²) in [5.41, 5.74) is 8.45. The fourth-order valence-corrected chi connectivity index (χ4v) is 5.07. The summed E-state index contributed by atoms with van der Waals surface area (Å²) in [5, 5.41) is 0.895. The second kappa shape index (κ2) is 6.28. The van der Waals surface area contributed by atoms with Crippen LogP contribution in [0.3, 0.4) is 0 Å². The highest BCUT2D eigenvalue weighted by Gasteiger charge is 2.28. The Bertz CT molecular complexity index is 1280. The highest BCUT2D eigenvalue weighted by Crippen LogP contribution is 2.35. The first-order valence-electron chi connectivity index (χ1n) is 9.39. The molecular formula is C24H20N2OS. The summed E-state index contributed by atoms with van der Waals surface area (Å²) in [6.45, 7) is 4.10. The van der Waals surface area contributed by atoms with Gasteiger partial charge in [0.25, 0.3) is 0 Å². The van der Waals surface area contributed by atoms with Crippen LogP contribution in [0.15, 0.2) is 54.1 Å². The van der Waals surface area contributed by atoms with E-state index in [0.717, 1.165) is 37.7 Å². The molecule has 2 heterocycles. The van der Waals surface area contributed by atoms with Crippen LogP contribution in [0.2, 0.25) is 0 Å². The number of aryl methyl sites for hydroxylation is 3. The van der Waals surface area contributed by atoms with Gasteiger partial charge in [-0.25, -0.2) is 4.98 Å². The molecule has 5 rings (SSSR count). The molecule has 3 nitrogen and oxygen atoms in total. The Morgan fingerprint density at radius 2 is 1.82 bits per heavy atom. The van der Waals surface area contributed by atoms with E-state index in [4.69, 9.17) is 4.98 Å². The molecule has 0 bridgehead atoms. The first kappa shape index (κ1) is 17.1. The Morgan fingerprint density at radius 1 is 1.07 bits per heavy atom. The molecule has 28 heavy (non-hydrogen) atoms. The Labute approximate surface area is 168 Å². The van der Waals surface area contributed by atoms with Crippen molar-refractivity contribution in [1.82, 2.24) is 9.55 Å². The summed E-state index contributed by atoms with van der Waals surface area (Å²) in [5.74, 6) is 0.153. The molecule has 0 aliphatic heterocycles. The van der Waals surface area contributed by atoms with Crippen molar-refractivity contribution in [2.45, 2.75) is 20.3 Å². The van der Waals surface area contributed by atoms with Gasteiger partial charge < -0.3 is 4.57 Å². The van der Waals surface area contributed by atoms with Gasteiger partial charge in [-0.3, -0.25) is 4.79 Å². The predicted molar refractivity (Wildman–Crippen MR) is 116 cm³/mol. The van der Waals surface area contributed by atoms with Crippen molar-refractivity contribution in [3.8, 4) is 11.3 Å². The standard InChI is InChI=1S/C24H20N2OS/c1-14-9-10-15(2)22-18(14)11-17(23(22)27)12-21-25-24-20(28-21)13-19(26(24)3)16-7-5-4-6-8-16/h4-10,12-13H,11H2,1-3H3/b17-12-. The van der Waals surface area contributed by atoms with Crippen LogP contribution in [0.1, 0.15) is 32.1 Å². The van der Waals surface area contributed by atoms with E-state index in [-0.39, 0.29) is 5.78 Å². The largest absolute Gasteiger partial charge is 0.328 e. The van der Waals surface area contributed by atoms with E-state index in [1.54, 1.807) is 11.3 Å². The number of rotatable bonds is 2. The Kier molecular flexibility index (Phi) is 3.84. The van der Waals surface area contributed by atoms with Crippen molar-refractivity contribution in [2.75, 3.05) is 0 Å². The average Bonchev–Trinajstić information content (AvgIpc) is 3.33. The molecule has 0 unspecified atom stereocenters. The molecule has 4 heteroatoms. The number of carbonyl (C=O) groups is 1. The van der Waals surface area contributed by atoms with E-state index < -0.39 is 0 Å². The Morgan fingerprint density at radius 3 is 2.54 bits per heavy atom. The van der Waals surface area contributed by atoms with Crippen LogP contribution < -0.4 is 0 Å². The minimum Gasteiger partial charge on any atom is -0.328 e. The van der Waals surface area contributed by atoms with Crippen LogP contribution in [-0.2, 0) is 13.5 Å². The number of benzene rings is 2. The van der Waals surface area contributed by atoms with E-state index in [9.17, 15) is 4.79 Å². The second-order valence-electron chi connectivity index (χ2n) is 7.42. The lowest BCUT2D eigenvalue weighted by molar-refractivity contribution is 0.104. The van der Waals surface area contributed by atoms with Gasteiger partial charge in [-0.05, 0) is 48.2 Å². The zero-order valence-electron chi connectivity index (χ0n) is 16.1. The third-order valence-corrected chi connectivity index (χ3v) is 6.55. The normalized spacial score (nSPS) is 15.0. The van der Waals surface area contributed by atoms with E-state index >= 15 is 0 Å². The van der Waals surface area contributed by atoms with Gasteiger partial charge in [-0.1, -0.05) is 42.5 Å². The number of ketones is 1. The van der Waals surface area contributed by atoms with Gasteiger partial charge in [0, 0.05) is 24.6 Å². The van der Waals surface area contributed by atoms with Crippen LogP contribution in [-0.4, -0.2) is 15.3 Å². The van der Waals surface area contributed by atoms with Crippen LogP contribution in [0, 0.1) is 13.8 Å². The van der Waals surface area contributed by atoms with Gasteiger partial charge in [0.15, 0.2) is 11.4 Å². The maximum atomic E-state index is 12.9. The first-order chi connectivity index (χ1) is 13.5. The molecule has 0 fully saturated rings. The van der Waals surface area contributed by atoms with Gasteiger partial charge in [0.2, 0.25) is 0 Å². The minimum atomic E-state index is 0.153. The maximum absolute atomic E-state index is 12.9. The number of fused-ring (bicyclic) bond motifs is 2. The van der Waals surface area contributed by atoms with Gasteiger partial charge in [-0.2, -0.15) is 0 Å². The third kappa shape index (κ3) is 2.56. The lowest BCUT2D eigenvalue weighted by Crippen LogP contribution is -1.98. The number of Topliss-reactive ketones (excluding diaryl/α,β-unsaturated/α-hetero) is 1. The highest BCUT2D eigenvalue weighted by molar-refractivity contribution is 7.19. The van der Waals surface area contributed by atoms with E-state index in [2.05, 4.69) is 35.8 Å².